The SMILES string of the molecule is CCN(CC)C(=O)c1ccc2c(c1)C[C@H](C)N2S(C)(=O)=O. The molecular formula is C15H22N2O3S. The van der Waals surface area contributed by atoms with E-state index in [9.17, 15) is 13.2 Å². The van der Waals surface area contributed by atoms with Gasteiger partial charge in [-0.1, -0.05) is 0 Å². The molecule has 0 spiro atoms. The highest BCUT2D eigenvalue weighted by Gasteiger charge is 2.32. The molecule has 1 aliphatic rings. The van der Waals surface area contributed by atoms with Crippen LogP contribution in [0.2, 0.25) is 0 Å². The minimum atomic E-state index is -3.29. The largest absolute Gasteiger partial charge is 0.339 e. The third kappa shape index (κ3) is 2.90. The quantitative estimate of drug-likeness (QED) is 0.853. The van der Waals surface area contributed by atoms with Gasteiger partial charge in [0.05, 0.1) is 11.9 Å². The van der Waals surface area contributed by atoms with Crippen LogP contribution in [0.3, 0.4) is 0 Å². The van der Waals surface area contributed by atoms with E-state index >= 15 is 0 Å². The van der Waals surface area contributed by atoms with Gasteiger partial charge in [-0.25, -0.2) is 8.42 Å². The number of rotatable bonds is 4. The third-order valence-electron chi connectivity index (χ3n) is 3.89. The van der Waals surface area contributed by atoms with Crippen molar-refractivity contribution in [3.8, 4) is 0 Å². The predicted molar refractivity (Wildman–Crippen MR) is 84.2 cm³/mol. The summed E-state index contributed by atoms with van der Waals surface area (Å²) >= 11 is 0. The van der Waals surface area contributed by atoms with Crippen molar-refractivity contribution in [3.05, 3.63) is 29.3 Å². The standard InChI is InChI=1S/C15H22N2O3S/c1-5-16(6-2)15(18)12-7-8-14-13(10-12)9-11(3)17(14)21(4,19)20/h7-8,10-11H,5-6,9H2,1-4H3/t11-/m0/s1. The van der Waals surface area contributed by atoms with Gasteiger partial charge < -0.3 is 4.90 Å². The van der Waals surface area contributed by atoms with E-state index in [4.69, 9.17) is 0 Å². The van der Waals surface area contributed by atoms with Gasteiger partial charge in [-0.3, -0.25) is 9.10 Å². The van der Waals surface area contributed by atoms with Crippen LogP contribution in [0.5, 0.6) is 0 Å². The average molecular weight is 310 g/mol. The van der Waals surface area contributed by atoms with Crippen LogP contribution in [0.4, 0.5) is 5.69 Å². The number of fused-ring (bicyclic) bond motifs is 1. The first-order valence-electron chi connectivity index (χ1n) is 7.21. The van der Waals surface area contributed by atoms with Crippen molar-refractivity contribution < 1.29 is 13.2 Å². The molecule has 1 aromatic carbocycles. The molecule has 6 heteroatoms. The van der Waals surface area contributed by atoms with E-state index in [1.807, 2.05) is 26.8 Å². The molecule has 0 bridgehead atoms. The third-order valence-corrected chi connectivity index (χ3v) is 5.16. The fourth-order valence-corrected chi connectivity index (χ4v) is 4.20. The van der Waals surface area contributed by atoms with E-state index < -0.39 is 10.0 Å². The summed E-state index contributed by atoms with van der Waals surface area (Å²) < 4.78 is 25.2. The lowest BCUT2D eigenvalue weighted by atomic mass is 10.1. The Labute approximate surface area is 126 Å². The summed E-state index contributed by atoms with van der Waals surface area (Å²) in [7, 11) is -3.29. The lowest BCUT2D eigenvalue weighted by Crippen LogP contribution is -2.34. The Balaban J connectivity index is 2.39. The van der Waals surface area contributed by atoms with Crippen molar-refractivity contribution in [3.63, 3.8) is 0 Å². The highest BCUT2D eigenvalue weighted by Crippen LogP contribution is 2.34. The van der Waals surface area contributed by atoms with Crippen LogP contribution < -0.4 is 4.31 Å². The molecular weight excluding hydrogens is 288 g/mol. The van der Waals surface area contributed by atoms with Crippen molar-refractivity contribution >= 4 is 21.6 Å². The number of carbonyl (C=O) groups excluding carboxylic acids is 1. The summed E-state index contributed by atoms with van der Waals surface area (Å²) in [6, 6.07) is 5.19. The number of anilines is 1. The van der Waals surface area contributed by atoms with Gasteiger partial charge in [0.2, 0.25) is 10.0 Å². The number of benzene rings is 1. The number of sulfonamides is 1. The lowest BCUT2D eigenvalue weighted by Gasteiger charge is -2.22. The number of carbonyl (C=O) groups is 1. The topological polar surface area (TPSA) is 57.7 Å². The zero-order valence-corrected chi connectivity index (χ0v) is 13.8. The van der Waals surface area contributed by atoms with Crippen molar-refractivity contribution in [1.29, 1.82) is 0 Å². The van der Waals surface area contributed by atoms with Gasteiger partial charge in [-0.05, 0) is 51.0 Å². The summed E-state index contributed by atoms with van der Waals surface area (Å²) in [6.07, 6.45) is 1.86. The Kier molecular flexibility index (Phi) is 4.27. The molecule has 1 atom stereocenters. The Bertz CT molecular complexity index is 651. The van der Waals surface area contributed by atoms with Crippen LogP contribution in [-0.4, -0.2) is 44.6 Å². The maximum atomic E-state index is 12.4. The number of nitrogens with zero attached hydrogens (tertiary/aromatic N) is 2. The minimum Gasteiger partial charge on any atom is -0.339 e. The first kappa shape index (κ1) is 15.8. The fourth-order valence-electron chi connectivity index (χ4n) is 2.93. The number of amides is 1. The molecule has 0 fully saturated rings. The molecule has 0 unspecified atom stereocenters. The van der Waals surface area contributed by atoms with Gasteiger partial charge >= 0.3 is 0 Å². The fraction of sp³-hybridized carbons (Fsp3) is 0.533. The maximum absolute atomic E-state index is 12.4. The second-order valence-corrected chi connectivity index (χ2v) is 7.29. The number of hydrogen-bond donors (Lipinski definition) is 0. The second-order valence-electron chi connectivity index (χ2n) is 5.43. The zero-order valence-electron chi connectivity index (χ0n) is 13.0. The van der Waals surface area contributed by atoms with Crippen LogP contribution in [-0.2, 0) is 16.4 Å². The van der Waals surface area contributed by atoms with Gasteiger partial charge in [-0.15, -0.1) is 0 Å². The molecule has 1 amide bonds. The summed E-state index contributed by atoms with van der Waals surface area (Å²) in [5.74, 6) is -0.00624. The van der Waals surface area contributed by atoms with E-state index in [1.54, 1.807) is 17.0 Å². The van der Waals surface area contributed by atoms with E-state index in [1.165, 1.54) is 10.6 Å². The van der Waals surface area contributed by atoms with Crippen LogP contribution in [0.1, 0.15) is 36.7 Å². The highest BCUT2D eigenvalue weighted by molar-refractivity contribution is 7.92. The van der Waals surface area contributed by atoms with Crippen molar-refractivity contribution in [1.82, 2.24) is 4.90 Å². The van der Waals surface area contributed by atoms with Crippen LogP contribution in [0.15, 0.2) is 18.2 Å². The minimum absolute atomic E-state index is 0.00624. The van der Waals surface area contributed by atoms with E-state index in [0.29, 0.717) is 30.8 Å². The van der Waals surface area contributed by atoms with Gasteiger partial charge in [0.25, 0.3) is 5.91 Å². The molecule has 5 nitrogen and oxygen atoms in total. The molecule has 0 saturated heterocycles. The molecule has 116 valence electrons. The second kappa shape index (κ2) is 5.67. The monoisotopic (exact) mass is 310 g/mol. The molecule has 1 aliphatic heterocycles. The normalized spacial score (nSPS) is 17.7. The van der Waals surface area contributed by atoms with Crippen molar-refractivity contribution in [2.75, 3.05) is 23.7 Å². The van der Waals surface area contributed by atoms with Crippen LogP contribution in [0, 0.1) is 0 Å². The number of hydrogen-bond acceptors (Lipinski definition) is 3. The molecule has 21 heavy (non-hydrogen) atoms. The van der Waals surface area contributed by atoms with Gasteiger partial charge in [0.15, 0.2) is 0 Å². The van der Waals surface area contributed by atoms with Crippen LogP contribution in [0.25, 0.3) is 0 Å². The summed E-state index contributed by atoms with van der Waals surface area (Å²) in [5, 5.41) is 0. The summed E-state index contributed by atoms with van der Waals surface area (Å²) in [5.41, 5.74) is 2.24. The highest BCUT2D eigenvalue weighted by atomic mass is 32.2. The Hall–Kier alpha value is -1.56. The van der Waals surface area contributed by atoms with E-state index in [2.05, 4.69) is 0 Å². The van der Waals surface area contributed by atoms with Crippen molar-refractivity contribution in [2.24, 2.45) is 0 Å². The lowest BCUT2D eigenvalue weighted by molar-refractivity contribution is 0.0773. The van der Waals surface area contributed by atoms with Crippen molar-refractivity contribution in [2.45, 2.75) is 33.2 Å². The Morgan fingerprint density at radius 1 is 1.33 bits per heavy atom. The molecule has 0 aromatic heterocycles. The summed E-state index contributed by atoms with van der Waals surface area (Å²) in [4.78, 5) is 14.1. The molecule has 0 aliphatic carbocycles. The molecule has 0 radical (unpaired) electrons. The molecule has 1 heterocycles. The first-order chi connectivity index (χ1) is 9.79. The Morgan fingerprint density at radius 3 is 2.48 bits per heavy atom. The zero-order chi connectivity index (χ0) is 15.8. The Morgan fingerprint density at radius 2 is 1.95 bits per heavy atom. The smallest absolute Gasteiger partial charge is 0.253 e. The van der Waals surface area contributed by atoms with Gasteiger partial charge in [0, 0.05) is 24.7 Å². The van der Waals surface area contributed by atoms with E-state index in [-0.39, 0.29) is 11.9 Å². The first-order valence-corrected chi connectivity index (χ1v) is 9.06. The van der Waals surface area contributed by atoms with E-state index in [0.717, 1.165) is 5.56 Å². The molecule has 1 aromatic rings. The van der Waals surface area contributed by atoms with Gasteiger partial charge in [-0.2, -0.15) is 0 Å². The van der Waals surface area contributed by atoms with Gasteiger partial charge in [0.1, 0.15) is 0 Å². The average Bonchev–Trinajstić information content (AvgIpc) is 2.74. The summed E-state index contributed by atoms with van der Waals surface area (Å²) in [6.45, 7) is 7.11. The maximum Gasteiger partial charge on any atom is 0.253 e. The molecule has 0 saturated carbocycles. The van der Waals surface area contributed by atoms with Crippen LogP contribution >= 0.6 is 0 Å². The predicted octanol–water partition coefficient (Wildman–Crippen LogP) is 1.88. The molecule has 2 rings (SSSR count). The molecule has 0 N–H and O–H groups in total.